The van der Waals surface area contributed by atoms with E-state index in [9.17, 15) is 19.5 Å². The van der Waals surface area contributed by atoms with Crippen molar-refractivity contribution in [2.75, 3.05) is 40.3 Å². The van der Waals surface area contributed by atoms with E-state index in [-0.39, 0.29) is 25.0 Å². The lowest BCUT2D eigenvalue weighted by atomic mass is 9.98. The molecule has 1 aliphatic rings. The number of aliphatic carboxylic acids is 1. The number of benzene rings is 2. The van der Waals surface area contributed by atoms with Crippen LogP contribution in [0.1, 0.15) is 37.3 Å². The minimum atomic E-state index is -1.10. The molecule has 35 heavy (non-hydrogen) atoms. The van der Waals surface area contributed by atoms with Crippen LogP contribution in [0.3, 0.4) is 0 Å². The predicted octanol–water partition coefficient (Wildman–Crippen LogP) is 3.41. The van der Waals surface area contributed by atoms with E-state index in [0.717, 1.165) is 22.3 Å². The molecule has 2 N–H and O–H groups in total. The first kappa shape index (κ1) is 26.2. The van der Waals surface area contributed by atoms with Crippen LogP contribution in [-0.4, -0.2) is 79.3 Å². The molecule has 8 nitrogen and oxygen atoms in total. The minimum Gasteiger partial charge on any atom is -0.480 e. The quantitative estimate of drug-likeness (QED) is 0.510. The van der Waals surface area contributed by atoms with Gasteiger partial charge >= 0.3 is 12.1 Å². The summed E-state index contributed by atoms with van der Waals surface area (Å²) < 4.78 is 5.62. The van der Waals surface area contributed by atoms with Gasteiger partial charge in [0.1, 0.15) is 19.2 Å². The van der Waals surface area contributed by atoms with Crippen molar-refractivity contribution in [3.05, 3.63) is 59.7 Å². The third kappa shape index (κ3) is 6.82. The summed E-state index contributed by atoms with van der Waals surface area (Å²) in [4.78, 5) is 40.5. The fraction of sp³-hybridized carbons (Fsp3) is 0.444. The lowest BCUT2D eigenvalue weighted by Gasteiger charge is -2.28. The fourth-order valence-corrected chi connectivity index (χ4v) is 4.45. The molecule has 3 rings (SSSR count). The van der Waals surface area contributed by atoms with Gasteiger partial charge < -0.3 is 25.0 Å². The van der Waals surface area contributed by atoms with Gasteiger partial charge in [0, 0.05) is 19.0 Å². The van der Waals surface area contributed by atoms with E-state index in [1.807, 2.05) is 69.2 Å². The van der Waals surface area contributed by atoms with Crippen molar-refractivity contribution in [2.45, 2.75) is 32.2 Å². The lowest BCUT2D eigenvalue weighted by Crippen LogP contribution is -2.52. The molecule has 0 aliphatic heterocycles. The maximum atomic E-state index is 13.2. The highest BCUT2D eigenvalue weighted by Gasteiger charge is 2.31. The molecular weight excluding hydrogens is 446 g/mol. The molecule has 188 valence electrons. The number of nitrogens with zero attached hydrogens (tertiary/aromatic N) is 2. The van der Waals surface area contributed by atoms with Crippen molar-refractivity contribution >= 4 is 18.0 Å². The van der Waals surface area contributed by atoms with Crippen LogP contribution >= 0.6 is 0 Å². The Morgan fingerprint density at radius 3 is 2.06 bits per heavy atom. The smallest absolute Gasteiger partial charge is 0.407 e. The average molecular weight is 482 g/mol. The lowest BCUT2D eigenvalue weighted by molar-refractivity contribution is -0.145. The molecule has 2 aromatic carbocycles. The largest absolute Gasteiger partial charge is 0.480 e. The molecule has 0 radical (unpaired) electrons. The summed E-state index contributed by atoms with van der Waals surface area (Å²) in [5.74, 6) is -1.49. The van der Waals surface area contributed by atoms with Crippen molar-refractivity contribution in [3.63, 3.8) is 0 Å². The first-order chi connectivity index (χ1) is 16.7. The molecule has 1 unspecified atom stereocenters. The summed E-state index contributed by atoms with van der Waals surface area (Å²) in [6.45, 7) is 4.37. The van der Waals surface area contributed by atoms with Crippen molar-refractivity contribution in [3.8, 4) is 11.1 Å². The third-order valence-corrected chi connectivity index (χ3v) is 6.10. The predicted molar refractivity (Wildman–Crippen MR) is 134 cm³/mol. The standard InChI is InChI=1S/C27H35N3O5/c1-18(2)15-24(26(33)30(16-25(31)32)14-13-29(3)4)28-27(34)35-17-23-21-11-7-5-9-19(21)20-10-6-8-12-22(20)23/h5-12,18,23-24H,13-17H2,1-4H3,(H,28,34)(H,31,32). The van der Waals surface area contributed by atoms with E-state index in [0.29, 0.717) is 13.0 Å². The number of likely N-dealkylation sites (N-methyl/N-ethyl adjacent to an activating group) is 1. The summed E-state index contributed by atoms with van der Waals surface area (Å²) in [7, 11) is 3.70. The monoisotopic (exact) mass is 481 g/mol. The van der Waals surface area contributed by atoms with Crippen LogP contribution in [0.5, 0.6) is 0 Å². The van der Waals surface area contributed by atoms with E-state index < -0.39 is 30.6 Å². The highest BCUT2D eigenvalue weighted by Crippen LogP contribution is 2.44. The van der Waals surface area contributed by atoms with Gasteiger partial charge in [0.25, 0.3) is 0 Å². The van der Waals surface area contributed by atoms with Crippen LogP contribution in [0.2, 0.25) is 0 Å². The highest BCUT2D eigenvalue weighted by molar-refractivity contribution is 5.88. The number of rotatable bonds is 11. The number of carbonyl (C=O) groups is 3. The zero-order valence-corrected chi connectivity index (χ0v) is 20.9. The van der Waals surface area contributed by atoms with Crippen molar-refractivity contribution in [1.29, 1.82) is 0 Å². The maximum Gasteiger partial charge on any atom is 0.407 e. The molecular formula is C27H35N3O5. The summed E-state index contributed by atoms with van der Waals surface area (Å²) in [6, 6.07) is 15.3. The summed E-state index contributed by atoms with van der Waals surface area (Å²) in [5, 5.41) is 12.0. The molecule has 1 atom stereocenters. The molecule has 0 heterocycles. The zero-order chi connectivity index (χ0) is 25.5. The Bertz CT molecular complexity index is 1010. The summed E-state index contributed by atoms with van der Waals surface area (Å²) in [6.07, 6.45) is -0.310. The van der Waals surface area contributed by atoms with Crippen LogP contribution in [0.15, 0.2) is 48.5 Å². The fourth-order valence-electron chi connectivity index (χ4n) is 4.45. The molecule has 0 saturated heterocycles. The normalized spacial score (nSPS) is 13.3. The van der Waals surface area contributed by atoms with E-state index in [1.54, 1.807) is 0 Å². The Balaban J connectivity index is 1.69. The van der Waals surface area contributed by atoms with E-state index in [2.05, 4.69) is 17.4 Å². The third-order valence-electron chi connectivity index (χ3n) is 6.10. The van der Waals surface area contributed by atoms with Gasteiger partial charge in [-0.15, -0.1) is 0 Å². The number of fused-ring (bicyclic) bond motifs is 3. The van der Waals surface area contributed by atoms with Crippen molar-refractivity contribution in [2.24, 2.45) is 5.92 Å². The number of ether oxygens (including phenoxy) is 1. The van der Waals surface area contributed by atoms with Crippen LogP contribution in [0, 0.1) is 5.92 Å². The Hall–Kier alpha value is -3.39. The molecule has 1 aliphatic carbocycles. The highest BCUT2D eigenvalue weighted by atomic mass is 16.5. The molecule has 0 spiro atoms. The van der Waals surface area contributed by atoms with Gasteiger partial charge in [-0.1, -0.05) is 62.4 Å². The number of hydrogen-bond acceptors (Lipinski definition) is 5. The molecule has 0 bridgehead atoms. The molecule has 0 saturated carbocycles. The van der Waals surface area contributed by atoms with E-state index >= 15 is 0 Å². The maximum absolute atomic E-state index is 13.2. The SMILES string of the molecule is CC(C)CC(NC(=O)OCC1c2ccccc2-c2ccccc21)C(=O)N(CCN(C)C)CC(=O)O. The number of alkyl carbamates (subject to hydrolysis) is 1. The van der Waals surface area contributed by atoms with Gasteiger partial charge in [0.05, 0.1) is 0 Å². The number of nitrogens with one attached hydrogen (secondary N) is 1. The van der Waals surface area contributed by atoms with Gasteiger partial charge in [-0.05, 0) is 48.7 Å². The van der Waals surface area contributed by atoms with Gasteiger partial charge in [-0.25, -0.2) is 4.79 Å². The van der Waals surface area contributed by atoms with E-state index in [1.165, 1.54) is 4.90 Å². The number of amides is 2. The number of carboxylic acid groups (broad SMARTS) is 1. The Morgan fingerprint density at radius 2 is 1.54 bits per heavy atom. The second-order valence-corrected chi connectivity index (χ2v) is 9.61. The molecule has 8 heteroatoms. The van der Waals surface area contributed by atoms with E-state index in [4.69, 9.17) is 4.74 Å². The second-order valence-electron chi connectivity index (χ2n) is 9.61. The number of carbonyl (C=O) groups excluding carboxylic acids is 2. The van der Waals surface area contributed by atoms with Gasteiger partial charge in [0.2, 0.25) is 5.91 Å². The van der Waals surface area contributed by atoms with Crippen LogP contribution in [-0.2, 0) is 14.3 Å². The van der Waals surface area contributed by atoms with Crippen LogP contribution in [0.4, 0.5) is 4.79 Å². The summed E-state index contributed by atoms with van der Waals surface area (Å²) >= 11 is 0. The van der Waals surface area contributed by atoms with Gasteiger partial charge in [-0.2, -0.15) is 0 Å². The molecule has 2 amide bonds. The molecule has 0 fully saturated rings. The van der Waals surface area contributed by atoms with Gasteiger partial charge in [0.15, 0.2) is 0 Å². The molecule has 0 aromatic heterocycles. The van der Waals surface area contributed by atoms with Crippen LogP contribution in [0.25, 0.3) is 11.1 Å². The Kier molecular flexibility index (Phi) is 8.87. The van der Waals surface area contributed by atoms with Crippen molar-refractivity contribution < 1.29 is 24.2 Å². The first-order valence-corrected chi connectivity index (χ1v) is 11.9. The zero-order valence-electron chi connectivity index (χ0n) is 20.9. The van der Waals surface area contributed by atoms with Crippen molar-refractivity contribution in [1.82, 2.24) is 15.1 Å². The Labute approximate surface area is 206 Å². The number of carboxylic acids is 1. The van der Waals surface area contributed by atoms with Gasteiger partial charge in [-0.3, -0.25) is 9.59 Å². The molecule has 2 aromatic rings. The summed E-state index contributed by atoms with van der Waals surface area (Å²) in [5.41, 5.74) is 4.48. The van der Waals surface area contributed by atoms with Crippen LogP contribution < -0.4 is 5.32 Å². The topological polar surface area (TPSA) is 99.2 Å². The minimum absolute atomic E-state index is 0.0870. The second kappa shape index (κ2) is 11.8. The Morgan fingerprint density at radius 1 is 0.971 bits per heavy atom. The average Bonchev–Trinajstić information content (AvgIpc) is 3.12. The number of hydrogen-bond donors (Lipinski definition) is 2. The first-order valence-electron chi connectivity index (χ1n) is 11.9.